The standard InChI is InChI=1S/C36H29B.C2H6/c1-3-15-26(4-2)34-32(27-16-8-5-9-17-27)25-33(30-22-14-23-31(37)24-30)35(28-18-10-6-11-19-28)36(34)29-20-12-7-13-21-29;1-2/h3-4,6-8,10-25H,1-2,5,9H2;1-2H3/b26-15+;. The van der Waals surface area contributed by atoms with Crippen LogP contribution in [0.5, 0.6) is 0 Å². The van der Waals surface area contributed by atoms with E-state index in [-0.39, 0.29) is 0 Å². The van der Waals surface area contributed by atoms with Crippen LogP contribution in [0.25, 0.3) is 44.5 Å². The van der Waals surface area contributed by atoms with Crippen molar-refractivity contribution in [2.75, 3.05) is 0 Å². The summed E-state index contributed by atoms with van der Waals surface area (Å²) in [5.41, 5.74) is 12.3. The number of benzene rings is 4. The summed E-state index contributed by atoms with van der Waals surface area (Å²) in [4.78, 5) is 0. The van der Waals surface area contributed by atoms with Crippen molar-refractivity contribution in [2.24, 2.45) is 0 Å². The molecule has 4 aromatic rings. The maximum absolute atomic E-state index is 6.30. The van der Waals surface area contributed by atoms with Gasteiger partial charge in [-0.05, 0) is 74.6 Å². The Hall–Kier alpha value is -4.36. The van der Waals surface area contributed by atoms with Gasteiger partial charge in [0.1, 0.15) is 7.85 Å². The number of hydrogen-bond acceptors (Lipinski definition) is 0. The van der Waals surface area contributed by atoms with Gasteiger partial charge in [0.25, 0.3) is 0 Å². The third-order valence-corrected chi connectivity index (χ3v) is 6.76. The van der Waals surface area contributed by atoms with Crippen molar-refractivity contribution in [2.45, 2.75) is 26.7 Å². The normalized spacial score (nSPS) is 12.7. The highest BCUT2D eigenvalue weighted by Crippen LogP contribution is 2.48. The minimum absolute atomic E-state index is 0.749. The molecule has 0 heterocycles. The second kappa shape index (κ2) is 13.4. The molecule has 1 aliphatic rings. The molecule has 0 bridgehead atoms. The average Bonchev–Trinajstić information content (AvgIpc) is 3.01. The van der Waals surface area contributed by atoms with Crippen LogP contribution >= 0.6 is 0 Å². The van der Waals surface area contributed by atoms with Crippen LogP contribution in [-0.4, -0.2) is 7.85 Å². The zero-order valence-corrected chi connectivity index (χ0v) is 23.0. The molecule has 1 aliphatic carbocycles. The minimum Gasteiger partial charge on any atom is -0.0990 e. The van der Waals surface area contributed by atoms with Crippen LogP contribution < -0.4 is 5.46 Å². The Labute approximate surface area is 235 Å². The first-order valence-electron chi connectivity index (χ1n) is 13.7. The van der Waals surface area contributed by atoms with Crippen LogP contribution in [0.2, 0.25) is 0 Å². The minimum atomic E-state index is 0.749. The third kappa shape index (κ3) is 6.05. The predicted octanol–water partition coefficient (Wildman–Crippen LogP) is 10.00. The number of hydrogen-bond donors (Lipinski definition) is 0. The average molecular weight is 503 g/mol. The molecule has 5 rings (SSSR count). The first kappa shape index (κ1) is 27.7. The number of allylic oxidation sites excluding steroid dienone is 8. The van der Waals surface area contributed by atoms with Gasteiger partial charge < -0.3 is 0 Å². The molecule has 0 aromatic heterocycles. The van der Waals surface area contributed by atoms with Crippen LogP contribution in [-0.2, 0) is 0 Å². The van der Waals surface area contributed by atoms with Gasteiger partial charge in [0, 0.05) is 0 Å². The smallest absolute Gasteiger partial charge is 0.0990 e. The van der Waals surface area contributed by atoms with Crippen molar-refractivity contribution in [1.82, 2.24) is 0 Å². The van der Waals surface area contributed by atoms with Crippen molar-refractivity contribution in [3.8, 4) is 33.4 Å². The SMILES string of the molecule is CC.[B]c1cccc(-c2cc(C3=CCCC=C3)c(/C(C=C)=C/C=C)c(-c3ccccc3)c2-c2ccccc2)c1. The fourth-order valence-electron chi connectivity index (χ4n) is 5.14. The Morgan fingerprint density at radius 1 is 0.718 bits per heavy atom. The Morgan fingerprint density at radius 3 is 1.92 bits per heavy atom. The highest BCUT2D eigenvalue weighted by Gasteiger charge is 2.24. The Bertz CT molecular complexity index is 1530. The summed E-state index contributed by atoms with van der Waals surface area (Å²) in [5, 5.41) is 0. The van der Waals surface area contributed by atoms with Gasteiger partial charge in [-0.25, -0.2) is 0 Å². The predicted molar refractivity (Wildman–Crippen MR) is 174 cm³/mol. The van der Waals surface area contributed by atoms with E-state index in [1.165, 1.54) is 22.3 Å². The molecule has 0 saturated carbocycles. The summed E-state index contributed by atoms with van der Waals surface area (Å²) < 4.78 is 0. The van der Waals surface area contributed by atoms with E-state index in [1.54, 1.807) is 0 Å². The molecule has 0 saturated heterocycles. The summed E-state index contributed by atoms with van der Waals surface area (Å²) in [7, 11) is 6.30. The maximum atomic E-state index is 6.30. The van der Waals surface area contributed by atoms with Gasteiger partial charge in [-0.3, -0.25) is 0 Å². The van der Waals surface area contributed by atoms with Crippen molar-refractivity contribution in [1.29, 1.82) is 0 Å². The van der Waals surface area contributed by atoms with Gasteiger partial charge in [-0.15, -0.1) is 0 Å². The molecular weight excluding hydrogens is 467 g/mol. The molecule has 4 aromatic carbocycles. The molecule has 0 N–H and O–H groups in total. The van der Waals surface area contributed by atoms with Crippen LogP contribution in [0.4, 0.5) is 0 Å². The second-order valence-electron chi connectivity index (χ2n) is 9.16. The molecule has 0 amide bonds. The zero-order valence-electron chi connectivity index (χ0n) is 23.0. The van der Waals surface area contributed by atoms with Crippen molar-refractivity contribution < 1.29 is 0 Å². The molecule has 0 aliphatic heterocycles. The summed E-state index contributed by atoms with van der Waals surface area (Å²) in [6, 6.07) is 31.8. The van der Waals surface area contributed by atoms with Crippen molar-refractivity contribution in [3.63, 3.8) is 0 Å². The van der Waals surface area contributed by atoms with E-state index in [9.17, 15) is 0 Å². The van der Waals surface area contributed by atoms with E-state index in [0.717, 1.165) is 51.7 Å². The van der Waals surface area contributed by atoms with Crippen LogP contribution in [0.3, 0.4) is 0 Å². The molecule has 0 fully saturated rings. The van der Waals surface area contributed by atoms with Gasteiger partial charge in [0.2, 0.25) is 0 Å². The topological polar surface area (TPSA) is 0 Å². The summed E-state index contributed by atoms with van der Waals surface area (Å²) >= 11 is 0. The molecule has 0 nitrogen and oxygen atoms in total. The third-order valence-electron chi connectivity index (χ3n) is 6.76. The molecular formula is C38H35B. The first-order chi connectivity index (χ1) is 19.2. The van der Waals surface area contributed by atoms with E-state index >= 15 is 0 Å². The lowest BCUT2D eigenvalue weighted by atomic mass is 9.77. The van der Waals surface area contributed by atoms with Crippen LogP contribution in [0.1, 0.15) is 37.8 Å². The van der Waals surface area contributed by atoms with E-state index in [2.05, 4.69) is 116 Å². The molecule has 1 heteroatoms. The first-order valence-corrected chi connectivity index (χ1v) is 13.7. The largest absolute Gasteiger partial charge is 0.113 e. The molecule has 2 radical (unpaired) electrons. The zero-order chi connectivity index (χ0) is 27.6. The van der Waals surface area contributed by atoms with Crippen LogP contribution in [0, 0.1) is 0 Å². The molecule has 0 spiro atoms. The van der Waals surface area contributed by atoms with E-state index in [0.29, 0.717) is 0 Å². The van der Waals surface area contributed by atoms with E-state index in [4.69, 9.17) is 7.85 Å². The molecule has 0 atom stereocenters. The van der Waals surface area contributed by atoms with Gasteiger partial charge in [0.05, 0.1) is 0 Å². The molecule has 39 heavy (non-hydrogen) atoms. The number of rotatable bonds is 7. The van der Waals surface area contributed by atoms with Gasteiger partial charge in [0.15, 0.2) is 0 Å². The maximum Gasteiger partial charge on any atom is 0.113 e. The van der Waals surface area contributed by atoms with Gasteiger partial charge >= 0.3 is 0 Å². The fourth-order valence-corrected chi connectivity index (χ4v) is 5.14. The Balaban J connectivity index is 0.00000172. The lowest BCUT2D eigenvalue weighted by Gasteiger charge is -2.25. The summed E-state index contributed by atoms with van der Waals surface area (Å²) in [6.07, 6.45) is 14.8. The van der Waals surface area contributed by atoms with Gasteiger partial charge in [-0.1, -0.05) is 154 Å². The second-order valence-corrected chi connectivity index (χ2v) is 9.16. The van der Waals surface area contributed by atoms with Crippen molar-refractivity contribution >= 4 is 24.5 Å². The lowest BCUT2D eigenvalue weighted by molar-refractivity contribution is 1.04. The monoisotopic (exact) mass is 502 g/mol. The van der Waals surface area contributed by atoms with Gasteiger partial charge in [-0.2, -0.15) is 0 Å². The van der Waals surface area contributed by atoms with E-state index < -0.39 is 0 Å². The quantitative estimate of drug-likeness (QED) is 0.174. The molecule has 0 unspecified atom stereocenters. The van der Waals surface area contributed by atoms with Crippen LogP contribution in [0.15, 0.2) is 141 Å². The van der Waals surface area contributed by atoms with Crippen molar-refractivity contribution in [3.05, 3.63) is 152 Å². The summed E-state index contributed by atoms with van der Waals surface area (Å²) in [6.45, 7) is 12.2. The highest BCUT2D eigenvalue weighted by atomic mass is 14.3. The summed E-state index contributed by atoms with van der Waals surface area (Å²) in [5.74, 6) is 0. The Morgan fingerprint density at radius 2 is 1.36 bits per heavy atom. The molecule has 190 valence electrons. The Kier molecular flexibility index (Phi) is 9.54. The lowest BCUT2D eigenvalue weighted by Crippen LogP contribution is -2.04. The highest BCUT2D eigenvalue weighted by molar-refractivity contribution is 6.32. The van der Waals surface area contributed by atoms with E-state index in [1.807, 2.05) is 38.1 Å². The fraction of sp³-hybridized carbons (Fsp3) is 0.105.